The average molecular weight is 291 g/mol. The molecule has 1 fully saturated rings. The van der Waals surface area contributed by atoms with E-state index in [1.54, 1.807) is 0 Å². The van der Waals surface area contributed by atoms with Gasteiger partial charge >= 0.3 is 0 Å². The molecule has 0 saturated heterocycles. The van der Waals surface area contributed by atoms with Crippen molar-refractivity contribution in [1.29, 1.82) is 0 Å². The summed E-state index contributed by atoms with van der Waals surface area (Å²) in [6.07, 6.45) is 6.35. The third kappa shape index (κ3) is 3.48. The molecule has 2 rings (SSSR count). The van der Waals surface area contributed by atoms with Crippen LogP contribution in [0.15, 0.2) is 6.07 Å². The van der Waals surface area contributed by atoms with E-state index in [0.717, 1.165) is 28.6 Å². The molecular weight excluding hydrogens is 266 g/mol. The first-order valence-corrected chi connectivity index (χ1v) is 7.96. The Labute approximate surface area is 127 Å². The molecule has 0 aliphatic heterocycles. The summed E-state index contributed by atoms with van der Waals surface area (Å²) in [7, 11) is 0. The molecule has 0 spiro atoms. The number of nitrogens with one attached hydrogen (secondary N) is 1. The molecule has 1 aromatic rings. The van der Waals surface area contributed by atoms with Crippen molar-refractivity contribution < 1.29 is 0 Å². The third-order valence-corrected chi connectivity index (χ3v) is 4.50. The van der Waals surface area contributed by atoms with E-state index in [1.807, 2.05) is 19.9 Å². The van der Waals surface area contributed by atoms with Crippen molar-refractivity contribution in [1.82, 2.24) is 4.98 Å². The van der Waals surface area contributed by atoms with Crippen LogP contribution < -0.4 is 11.1 Å². The summed E-state index contributed by atoms with van der Waals surface area (Å²) < 4.78 is 0. The van der Waals surface area contributed by atoms with Crippen LogP contribution in [0, 0.1) is 19.8 Å². The molecule has 0 radical (unpaired) electrons. The van der Waals surface area contributed by atoms with E-state index in [-0.39, 0.29) is 0 Å². The van der Waals surface area contributed by atoms with Gasteiger partial charge in [0.1, 0.15) is 10.8 Å². The standard InChI is InChI=1S/C16H25N3S/c1-4-12-6-5-7-13(9-12)19-16-14(15(17)20)10(2)8-11(3)18-16/h8,12-13H,4-7,9H2,1-3H3,(H2,17,20)(H,18,19). The lowest BCUT2D eigenvalue weighted by Crippen LogP contribution is -2.29. The molecule has 0 bridgehead atoms. The lowest BCUT2D eigenvalue weighted by molar-refractivity contribution is 0.327. The van der Waals surface area contributed by atoms with E-state index in [2.05, 4.69) is 17.2 Å². The number of rotatable bonds is 4. The lowest BCUT2D eigenvalue weighted by atomic mass is 9.84. The van der Waals surface area contributed by atoms with Crippen LogP contribution in [0.2, 0.25) is 0 Å². The van der Waals surface area contributed by atoms with Crippen molar-refractivity contribution in [2.45, 2.75) is 58.9 Å². The predicted molar refractivity (Wildman–Crippen MR) is 89.3 cm³/mol. The Morgan fingerprint density at radius 3 is 2.85 bits per heavy atom. The highest BCUT2D eigenvalue weighted by atomic mass is 32.1. The number of aromatic nitrogens is 1. The lowest BCUT2D eigenvalue weighted by Gasteiger charge is -2.30. The number of anilines is 1. The maximum atomic E-state index is 5.88. The fourth-order valence-electron chi connectivity index (χ4n) is 3.24. The number of thiocarbonyl (C=S) groups is 1. The molecule has 3 N–H and O–H groups in total. The second kappa shape index (κ2) is 6.53. The number of hydrogen-bond donors (Lipinski definition) is 2. The van der Waals surface area contributed by atoms with Gasteiger partial charge in [-0.05, 0) is 44.2 Å². The molecule has 110 valence electrons. The summed E-state index contributed by atoms with van der Waals surface area (Å²) in [5.41, 5.74) is 8.90. The Hall–Kier alpha value is -1.16. The zero-order valence-electron chi connectivity index (χ0n) is 12.7. The van der Waals surface area contributed by atoms with Crippen LogP contribution in [0.4, 0.5) is 5.82 Å². The van der Waals surface area contributed by atoms with Crippen LogP contribution in [0.3, 0.4) is 0 Å². The molecule has 0 amide bonds. The van der Waals surface area contributed by atoms with Gasteiger partial charge in [-0.2, -0.15) is 0 Å². The van der Waals surface area contributed by atoms with Gasteiger partial charge in [-0.1, -0.05) is 38.4 Å². The Balaban J connectivity index is 2.22. The highest BCUT2D eigenvalue weighted by Gasteiger charge is 2.22. The Kier molecular flexibility index (Phi) is 4.97. The first kappa shape index (κ1) is 15.2. The first-order valence-electron chi connectivity index (χ1n) is 7.55. The smallest absolute Gasteiger partial charge is 0.136 e. The summed E-state index contributed by atoms with van der Waals surface area (Å²) in [5.74, 6) is 1.71. The molecule has 1 aromatic heterocycles. The molecule has 4 heteroatoms. The number of nitrogens with two attached hydrogens (primary N) is 1. The fourth-order valence-corrected chi connectivity index (χ4v) is 3.50. The Morgan fingerprint density at radius 2 is 2.20 bits per heavy atom. The highest BCUT2D eigenvalue weighted by molar-refractivity contribution is 7.80. The maximum absolute atomic E-state index is 5.88. The zero-order chi connectivity index (χ0) is 14.7. The van der Waals surface area contributed by atoms with Gasteiger partial charge in [0.05, 0.1) is 5.56 Å². The number of nitrogens with zero attached hydrogens (tertiary/aromatic N) is 1. The van der Waals surface area contributed by atoms with Crippen LogP contribution >= 0.6 is 12.2 Å². The van der Waals surface area contributed by atoms with Gasteiger partial charge < -0.3 is 11.1 Å². The van der Waals surface area contributed by atoms with Gasteiger partial charge in [0.25, 0.3) is 0 Å². The quantitative estimate of drug-likeness (QED) is 0.830. The summed E-state index contributed by atoms with van der Waals surface area (Å²) in [6.45, 7) is 6.34. The van der Waals surface area contributed by atoms with Gasteiger partial charge in [-0.3, -0.25) is 0 Å². The second-order valence-electron chi connectivity index (χ2n) is 5.95. The van der Waals surface area contributed by atoms with Crippen molar-refractivity contribution in [2.24, 2.45) is 11.7 Å². The molecule has 1 aliphatic rings. The van der Waals surface area contributed by atoms with Crippen LogP contribution in [-0.2, 0) is 0 Å². The number of aryl methyl sites for hydroxylation is 2. The molecule has 1 heterocycles. The predicted octanol–water partition coefficient (Wildman–Crippen LogP) is 3.71. The topological polar surface area (TPSA) is 50.9 Å². The van der Waals surface area contributed by atoms with Crippen molar-refractivity contribution in [3.63, 3.8) is 0 Å². The Morgan fingerprint density at radius 1 is 1.45 bits per heavy atom. The van der Waals surface area contributed by atoms with Gasteiger partial charge in [0.15, 0.2) is 0 Å². The molecule has 2 atom stereocenters. The van der Waals surface area contributed by atoms with Crippen LogP contribution in [0.1, 0.15) is 55.8 Å². The van der Waals surface area contributed by atoms with Crippen molar-refractivity contribution in [2.75, 3.05) is 5.32 Å². The van der Waals surface area contributed by atoms with Gasteiger partial charge in [0, 0.05) is 11.7 Å². The minimum absolute atomic E-state index is 0.431. The van der Waals surface area contributed by atoms with Crippen LogP contribution in [0.5, 0.6) is 0 Å². The first-order chi connectivity index (χ1) is 9.51. The van der Waals surface area contributed by atoms with Crippen molar-refractivity contribution in [3.05, 3.63) is 22.9 Å². The summed E-state index contributed by atoms with van der Waals surface area (Å²) in [6, 6.07) is 2.53. The van der Waals surface area contributed by atoms with Gasteiger partial charge in [-0.25, -0.2) is 4.98 Å². The molecular formula is C16H25N3S. The molecule has 20 heavy (non-hydrogen) atoms. The number of hydrogen-bond acceptors (Lipinski definition) is 3. The van der Waals surface area contributed by atoms with E-state index >= 15 is 0 Å². The van der Waals surface area contributed by atoms with E-state index < -0.39 is 0 Å². The summed E-state index contributed by atoms with van der Waals surface area (Å²) in [5, 5.41) is 3.60. The van der Waals surface area contributed by atoms with Crippen molar-refractivity contribution >= 4 is 23.0 Å². The molecule has 1 saturated carbocycles. The van der Waals surface area contributed by atoms with E-state index in [4.69, 9.17) is 18.0 Å². The SMILES string of the molecule is CCC1CCCC(Nc2nc(C)cc(C)c2C(N)=S)C1. The van der Waals surface area contributed by atoms with Crippen LogP contribution in [-0.4, -0.2) is 16.0 Å². The summed E-state index contributed by atoms with van der Waals surface area (Å²) in [4.78, 5) is 5.05. The zero-order valence-corrected chi connectivity index (χ0v) is 13.5. The third-order valence-electron chi connectivity index (χ3n) is 4.29. The highest BCUT2D eigenvalue weighted by Crippen LogP contribution is 2.29. The van der Waals surface area contributed by atoms with Crippen molar-refractivity contribution in [3.8, 4) is 0 Å². The van der Waals surface area contributed by atoms with Gasteiger partial charge in [0.2, 0.25) is 0 Å². The monoisotopic (exact) mass is 291 g/mol. The molecule has 3 nitrogen and oxygen atoms in total. The minimum Gasteiger partial charge on any atom is -0.389 e. The molecule has 0 aromatic carbocycles. The minimum atomic E-state index is 0.431. The maximum Gasteiger partial charge on any atom is 0.136 e. The van der Waals surface area contributed by atoms with E-state index in [1.165, 1.54) is 32.1 Å². The second-order valence-corrected chi connectivity index (χ2v) is 6.39. The molecule has 2 unspecified atom stereocenters. The van der Waals surface area contributed by atoms with E-state index in [9.17, 15) is 0 Å². The molecule has 1 aliphatic carbocycles. The Bertz CT molecular complexity index is 499. The average Bonchev–Trinajstić information content (AvgIpc) is 2.37. The largest absolute Gasteiger partial charge is 0.389 e. The van der Waals surface area contributed by atoms with Crippen LogP contribution in [0.25, 0.3) is 0 Å². The van der Waals surface area contributed by atoms with Gasteiger partial charge in [-0.15, -0.1) is 0 Å². The number of pyridine rings is 1. The van der Waals surface area contributed by atoms with E-state index in [0.29, 0.717) is 11.0 Å². The fraction of sp³-hybridized carbons (Fsp3) is 0.625. The summed E-state index contributed by atoms with van der Waals surface area (Å²) >= 11 is 5.19. The normalized spacial score (nSPS) is 22.6.